The van der Waals surface area contributed by atoms with Gasteiger partial charge in [-0.1, -0.05) is 30.3 Å². The van der Waals surface area contributed by atoms with Crippen LogP contribution in [0.4, 0.5) is 0 Å². The molecular formula is C21H26N4O2. The molecule has 0 fully saturated rings. The Hall–Kier alpha value is -2.86. The smallest absolute Gasteiger partial charge is 0.257 e. The monoisotopic (exact) mass is 366 g/mol. The van der Waals surface area contributed by atoms with Gasteiger partial charge >= 0.3 is 0 Å². The number of carbonyl (C=O) groups excluding carboxylic acids is 1. The molecule has 2 aromatic carbocycles. The number of para-hydroxylation sites is 3. The summed E-state index contributed by atoms with van der Waals surface area (Å²) in [5, 5.41) is 2.91. The highest BCUT2D eigenvalue weighted by Gasteiger charge is 2.11. The van der Waals surface area contributed by atoms with E-state index in [2.05, 4.69) is 34.9 Å². The van der Waals surface area contributed by atoms with Gasteiger partial charge in [0.1, 0.15) is 11.6 Å². The highest BCUT2D eigenvalue weighted by molar-refractivity contribution is 5.77. The first-order valence-corrected chi connectivity index (χ1v) is 9.17. The van der Waals surface area contributed by atoms with Crippen LogP contribution in [0.3, 0.4) is 0 Å². The molecule has 27 heavy (non-hydrogen) atoms. The summed E-state index contributed by atoms with van der Waals surface area (Å²) >= 11 is 0. The van der Waals surface area contributed by atoms with Crippen LogP contribution in [0.25, 0.3) is 11.0 Å². The molecule has 142 valence electrons. The van der Waals surface area contributed by atoms with Crippen LogP contribution < -0.4 is 10.1 Å². The van der Waals surface area contributed by atoms with E-state index in [-0.39, 0.29) is 12.5 Å². The van der Waals surface area contributed by atoms with E-state index in [4.69, 9.17) is 9.72 Å². The van der Waals surface area contributed by atoms with Crippen molar-refractivity contribution in [2.45, 2.75) is 13.0 Å². The number of amides is 1. The Kier molecular flexibility index (Phi) is 6.44. The van der Waals surface area contributed by atoms with E-state index >= 15 is 0 Å². The summed E-state index contributed by atoms with van der Waals surface area (Å²) < 4.78 is 7.71. The summed E-state index contributed by atoms with van der Waals surface area (Å²) in [4.78, 5) is 18.9. The van der Waals surface area contributed by atoms with Gasteiger partial charge in [-0.2, -0.15) is 0 Å². The van der Waals surface area contributed by atoms with Crippen molar-refractivity contribution >= 4 is 16.9 Å². The van der Waals surface area contributed by atoms with Crippen LogP contribution in [-0.2, 0) is 17.8 Å². The van der Waals surface area contributed by atoms with Crippen LogP contribution in [0, 0.1) is 0 Å². The number of carbonyl (C=O) groups is 1. The third-order valence-electron chi connectivity index (χ3n) is 4.29. The lowest BCUT2D eigenvalue weighted by Gasteiger charge is -2.13. The highest BCUT2D eigenvalue weighted by atomic mass is 16.5. The zero-order valence-corrected chi connectivity index (χ0v) is 15.9. The zero-order chi connectivity index (χ0) is 19.1. The first-order valence-electron chi connectivity index (χ1n) is 9.17. The molecule has 0 bridgehead atoms. The first kappa shape index (κ1) is 18.9. The molecule has 0 aliphatic carbocycles. The third kappa shape index (κ3) is 5.31. The molecule has 1 heterocycles. The Morgan fingerprint density at radius 1 is 1.11 bits per heavy atom. The summed E-state index contributed by atoms with van der Waals surface area (Å²) in [5.74, 6) is 1.55. The molecule has 3 aromatic rings. The second-order valence-corrected chi connectivity index (χ2v) is 6.67. The van der Waals surface area contributed by atoms with Crippen LogP contribution in [0.15, 0.2) is 54.6 Å². The summed E-state index contributed by atoms with van der Waals surface area (Å²) in [5.41, 5.74) is 2.12. The van der Waals surface area contributed by atoms with Crippen molar-refractivity contribution in [2.75, 3.05) is 33.8 Å². The SMILES string of the molecule is CN(C)CCn1c(CCNC(=O)COc2ccccc2)nc2ccccc21. The molecule has 6 nitrogen and oxygen atoms in total. The Labute approximate surface area is 159 Å². The molecule has 0 radical (unpaired) electrons. The molecule has 0 saturated carbocycles. The molecular weight excluding hydrogens is 340 g/mol. The van der Waals surface area contributed by atoms with Gasteiger partial charge in [0.25, 0.3) is 5.91 Å². The number of nitrogens with one attached hydrogen (secondary N) is 1. The van der Waals surface area contributed by atoms with Gasteiger partial charge in [-0.25, -0.2) is 4.98 Å². The molecule has 0 aliphatic heterocycles. The fraction of sp³-hybridized carbons (Fsp3) is 0.333. The Morgan fingerprint density at radius 2 is 1.85 bits per heavy atom. The number of imidazole rings is 1. The molecule has 1 aromatic heterocycles. The maximum absolute atomic E-state index is 12.0. The molecule has 0 aliphatic rings. The van der Waals surface area contributed by atoms with Gasteiger partial charge in [0, 0.05) is 26.1 Å². The lowest BCUT2D eigenvalue weighted by Crippen LogP contribution is -2.31. The predicted molar refractivity (Wildman–Crippen MR) is 107 cm³/mol. The molecule has 0 saturated heterocycles. The number of fused-ring (bicyclic) bond motifs is 1. The second kappa shape index (κ2) is 9.19. The van der Waals surface area contributed by atoms with E-state index in [0.29, 0.717) is 18.7 Å². The van der Waals surface area contributed by atoms with Gasteiger partial charge in [-0.05, 0) is 38.4 Å². The Balaban J connectivity index is 1.56. The summed E-state index contributed by atoms with van der Waals surface area (Å²) in [6.07, 6.45) is 0.680. The molecule has 1 N–H and O–H groups in total. The number of rotatable bonds is 9. The van der Waals surface area contributed by atoms with E-state index in [9.17, 15) is 4.79 Å². The number of likely N-dealkylation sites (N-methyl/N-ethyl adjacent to an activating group) is 1. The third-order valence-corrected chi connectivity index (χ3v) is 4.29. The number of nitrogens with zero attached hydrogens (tertiary/aromatic N) is 3. The highest BCUT2D eigenvalue weighted by Crippen LogP contribution is 2.16. The number of hydrogen-bond acceptors (Lipinski definition) is 4. The van der Waals surface area contributed by atoms with Crippen LogP contribution in [-0.4, -0.2) is 54.1 Å². The van der Waals surface area contributed by atoms with Gasteiger partial charge in [0.15, 0.2) is 6.61 Å². The van der Waals surface area contributed by atoms with E-state index in [1.165, 1.54) is 0 Å². The average molecular weight is 366 g/mol. The maximum Gasteiger partial charge on any atom is 0.257 e. The minimum absolute atomic E-state index is 0.0149. The van der Waals surface area contributed by atoms with Crippen LogP contribution >= 0.6 is 0 Å². The van der Waals surface area contributed by atoms with E-state index in [1.54, 1.807) is 0 Å². The summed E-state index contributed by atoms with van der Waals surface area (Å²) in [6, 6.07) is 17.5. The quantitative estimate of drug-likeness (QED) is 0.631. The lowest BCUT2D eigenvalue weighted by molar-refractivity contribution is -0.123. The molecule has 0 spiro atoms. The molecule has 0 unspecified atom stereocenters. The number of ether oxygens (including phenoxy) is 1. The van der Waals surface area contributed by atoms with Crippen molar-refractivity contribution in [3.63, 3.8) is 0 Å². The van der Waals surface area contributed by atoms with Gasteiger partial charge in [-0.3, -0.25) is 4.79 Å². The van der Waals surface area contributed by atoms with Gasteiger partial charge in [-0.15, -0.1) is 0 Å². The topological polar surface area (TPSA) is 59.4 Å². The molecule has 3 rings (SSSR count). The van der Waals surface area contributed by atoms with Crippen molar-refractivity contribution in [1.82, 2.24) is 19.8 Å². The van der Waals surface area contributed by atoms with E-state index in [0.717, 1.165) is 29.9 Å². The first-order chi connectivity index (χ1) is 13.1. The van der Waals surface area contributed by atoms with Crippen LogP contribution in [0.1, 0.15) is 5.82 Å². The van der Waals surface area contributed by atoms with Crippen molar-refractivity contribution in [3.8, 4) is 5.75 Å². The minimum Gasteiger partial charge on any atom is -0.484 e. The second-order valence-electron chi connectivity index (χ2n) is 6.67. The Morgan fingerprint density at radius 3 is 2.63 bits per heavy atom. The van der Waals surface area contributed by atoms with Crippen LogP contribution in [0.5, 0.6) is 5.75 Å². The average Bonchev–Trinajstić information content (AvgIpc) is 3.03. The maximum atomic E-state index is 12.0. The lowest BCUT2D eigenvalue weighted by atomic mass is 10.3. The fourth-order valence-electron chi connectivity index (χ4n) is 2.90. The van der Waals surface area contributed by atoms with E-state index < -0.39 is 0 Å². The predicted octanol–water partition coefficient (Wildman–Crippen LogP) is 2.34. The normalized spacial score (nSPS) is 11.1. The van der Waals surface area contributed by atoms with Crippen molar-refractivity contribution in [2.24, 2.45) is 0 Å². The van der Waals surface area contributed by atoms with Crippen molar-refractivity contribution < 1.29 is 9.53 Å². The zero-order valence-electron chi connectivity index (χ0n) is 15.9. The standard InChI is InChI=1S/C21H26N4O2/c1-24(2)14-15-25-19-11-7-6-10-18(19)23-20(25)12-13-22-21(26)16-27-17-8-4-3-5-9-17/h3-11H,12-16H2,1-2H3,(H,22,26). The Bertz CT molecular complexity index is 874. The number of hydrogen-bond donors (Lipinski definition) is 1. The molecule has 1 amide bonds. The van der Waals surface area contributed by atoms with Gasteiger partial charge < -0.3 is 19.5 Å². The van der Waals surface area contributed by atoms with Crippen molar-refractivity contribution in [3.05, 3.63) is 60.4 Å². The summed E-state index contributed by atoms with van der Waals surface area (Å²) in [6.45, 7) is 2.35. The largest absolute Gasteiger partial charge is 0.484 e. The fourth-order valence-corrected chi connectivity index (χ4v) is 2.90. The molecule has 6 heteroatoms. The van der Waals surface area contributed by atoms with Crippen molar-refractivity contribution in [1.29, 1.82) is 0 Å². The summed E-state index contributed by atoms with van der Waals surface area (Å²) in [7, 11) is 4.12. The minimum atomic E-state index is -0.130. The number of aromatic nitrogens is 2. The van der Waals surface area contributed by atoms with E-state index in [1.807, 2.05) is 48.5 Å². The molecule has 0 atom stereocenters. The van der Waals surface area contributed by atoms with Gasteiger partial charge in [0.05, 0.1) is 11.0 Å². The van der Waals surface area contributed by atoms with Crippen LogP contribution in [0.2, 0.25) is 0 Å². The van der Waals surface area contributed by atoms with Gasteiger partial charge in [0.2, 0.25) is 0 Å². The number of benzene rings is 2.